The SMILES string of the molecule is CCOC(=O)C1(SC/C=C/c2ccc(Cc3nc(-c4ccc5c(c4)OCO5)oc3C)o2)CCC1. The Morgan fingerprint density at radius 3 is 2.82 bits per heavy atom. The maximum atomic E-state index is 12.2. The van der Waals surface area contributed by atoms with Gasteiger partial charge in [-0.15, -0.1) is 11.8 Å². The Hall–Kier alpha value is -3.13. The number of nitrogens with zero attached hydrogens (tertiary/aromatic N) is 1. The number of esters is 1. The third-order valence-electron chi connectivity index (χ3n) is 6.08. The number of hydrogen-bond donors (Lipinski definition) is 0. The van der Waals surface area contributed by atoms with Crippen molar-refractivity contribution in [2.45, 2.75) is 44.3 Å². The van der Waals surface area contributed by atoms with Crippen molar-refractivity contribution in [1.82, 2.24) is 4.98 Å². The number of oxazole rings is 1. The maximum Gasteiger partial charge on any atom is 0.322 e. The second-order valence-electron chi connectivity index (χ2n) is 8.35. The molecule has 34 heavy (non-hydrogen) atoms. The number of thioether (sulfide) groups is 1. The Morgan fingerprint density at radius 2 is 2.03 bits per heavy atom. The second kappa shape index (κ2) is 9.62. The molecule has 8 heteroatoms. The number of aromatic nitrogens is 1. The van der Waals surface area contributed by atoms with Crippen LogP contribution in [0.3, 0.4) is 0 Å². The van der Waals surface area contributed by atoms with Crippen molar-refractivity contribution in [3.05, 3.63) is 59.4 Å². The van der Waals surface area contributed by atoms with Crippen LogP contribution in [-0.2, 0) is 16.0 Å². The number of benzene rings is 1. The van der Waals surface area contributed by atoms with Crippen LogP contribution in [0.2, 0.25) is 0 Å². The third kappa shape index (κ3) is 4.59. The molecule has 0 bridgehead atoms. The Morgan fingerprint density at radius 1 is 1.18 bits per heavy atom. The molecule has 1 saturated carbocycles. The van der Waals surface area contributed by atoms with Crippen molar-refractivity contribution in [3.8, 4) is 23.0 Å². The number of hydrogen-bond acceptors (Lipinski definition) is 8. The highest BCUT2D eigenvalue weighted by atomic mass is 32.2. The van der Waals surface area contributed by atoms with Gasteiger partial charge in [-0.3, -0.25) is 4.79 Å². The summed E-state index contributed by atoms with van der Waals surface area (Å²) in [5.41, 5.74) is 1.67. The van der Waals surface area contributed by atoms with Crippen molar-refractivity contribution in [3.63, 3.8) is 0 Å². The zero-order chi connectivity index (χ0) is 23.5. The number of ether oxygens (including phenoxy) is 3. The van der Waals surface area contributed by atoms with Crippen molar-refractivity contribution < 1.29 is 27.8 Å². The van der Waals surface area contributed by atoms with Gasteiger partial charge in [-0.2, -0.15) is 0 Å². The van der Waals surface area contributed by atoms with Crippen LogP contribution in [0.15, 0.2) is 45.2 Å². The van der Waals surface area contributed by atoms with Gasteiger partial charge in [0.2, 0.25) is 12.7 Å². The number of fused-ring (bicyclic) bond motifs is 1. The first-order chi connectivity index (χ1) is 16.6. The summed E-state index contributed by atoms with van der Waals surface area (Å²) in [6.07, 6.45) is 7.37. The summed E-state index contributed by atoms with van der Waals surface area (Å²) in [5.74, 6) is 4.95. The maximum absolute atomic E-state index is 12.2. The molecule has 0 radical (unpaired) electrons. The van der Waals surface area contributed by atoms with E-state index in [-0.39, 0.29) is 17.5 Å². The molecule has 1 fully saturated rings. The van der Waals surface area contributed by atoms with E-state index in [1.165, 1.54) is 0 Å². The number of carbonyl (C=O) groups is 1. The lowest BCUT2D eigenvalue weighted by molar-refractivity contribution is -0.148. The van der Waals surface area contributed by atoms with E-state index in [0.717, 1.165) is 59.3 Å². The first-order valence-corrected chi connectivity index (χ1v) is 12.5. The van der Waals surface area contributed by atoms with E-state index >= 15 is 0 Å². The van der Waals surface area contributed by atoms with E-state index in [4.69, 9.17) is 23.0 Å². The zero-order valence-corrected chi connectivity index (χ0v) is 20.1. The summed E-state index contributed by atoms with van der Waals surface area (Å²) in [6.45, 7) is 4.41. The molecule has 3 heterocycles. The quantitative estimate of drug-likeness (QED) is 0.355. The summed E-state index contributed by atoms with van der Waals surface area (Å²) >= 11 is 1.66. The molecule has 0 spiro atoms. The standard InChI is InChI=1S/C26H27NO6S/c1-3-29-25(28)26(11-5-12-26)34-13-4-6-19-8-9-20(33-19)15-21-17(2)32-24(27-21)18-7-10-22-23(14-18)31-16-30-22/h4,6-10,14H,3,5,11-13,15-16H2,1-2H3/b6-4+. The monoisotopic (exact) mass is 481 g/mol. The van der Waals surface area contributed by atoms with Crippen LogP contribution >= 0.6 is 11.8 Å². The predicted molar refractivity (Wildman–Crippen MR) is 129 cm³/mol. The van der Waals surface area contributed by atoms with Gasteiger partial charge in [-0.05, 0) is 69.5 Å². The highest BCUT2D eigenvalue weighted by molar-refractivity contribution is 8.01. The lowest BCUT2D eigenvalue weighted by atomic mass is 9.84. The molecule has 0 atom stereocenters. The van der Waals surface area contributed by atoms with Crippen molar-refractivity contribution >= 4 is 23.8 Å². The minimum atomic E-state index is -0.366. The van der Waals surface area contributed by atoms with Crippen LogP contribution in [0.5, 0.6) is 11.5 Å². The largest absolute Gasteiger partial charge is 0.465 e. The van der Waals surface area contributed by atoms with Gasteiger partial charge < -0.3 is 23.0 Å². The number of carbonyl (C=O) groups excluding carboxylic acids is 1. The lowest BCUT2D eigenvalue weighted by Gasteiger charge is -2.38. The van der Waals surface area contributed by atoms with E-state index in [9.17, 15) is 4.79 Å². The normalized spacial score (nSPS) is 16.1. The highest BCUT2D eigenvalue weighted by Crippen LogP contribution is 2.45. The van der Waals surface area contributed by atoms with Gasteiger partial charge in [0.25, 0.3) is 0 Å². The van der Waals surface area contributed by atoms with E-state index < -0.39 is 0 Å². The highest BCUT2D eigenvalue weighted by Gasteiger charge is 2.45. The number of rotatable bonds is 9. The van der Waals surface area contributed by atoms with Gasteiger partial charge in [0, 0.05) is 11.3 Å². The van der Waals surface area contributed by atoms with Crippen LogP contribution < -0.4 is 9.47 Å². The number of aryl methyl sites for hydroxylation is 1. The van der Waals surface area contributed by atoms with Crippen molar-refractivity contribution in [2.24, 2.45) is 0 Å². The first-order valence-electron chi connectivity index (χ1n) is 11.5. The van der Waals surface area contributed by atoms with E-state index in [2.05, 4.69) is 4.98 Å². The first kappa shape index (κ1) is 22.7. The zero-order valence-electron chi connectivity index (χ0n) is 19.3. The minimum absolute atomic E-state index is 0.0805. The molecule has 5 rings (SSSR count). The summed E-state index contributed by atoms with van der Waals surface area (Å²) < 4.78 is 27.6. The molecule has 1 aliphatic carbocycles. The third-order valence-corrected chi connectivity index (χ3v) is 7.57. The second-order valence-corrected chi connectivity index (χ2v) is 9.76. The van der Waals surface area contributed by atoms with Gasteiger partial charge >= 0.3 is 5.97 Å². The summed E-state index contributed by atoms with van der Waals surface area (Å²) in [7, 11) is 0. The molecular formula is C26H27NO6S. The summed E-state index contributed by atoms with van der Waals surface area (Å²) in [5, 5.41) is 0. The van der Waals surface area contributed by atoms with Crippen molar-refractivity contribution in [2.75, 3.05) is 19.2 Å². The molecule has 0 unspecified atom stereocenters. The van der Waals surface area contributed by atoms with Gasteiger partial charge in [-0.25, -0.2) is 4.98 Å². The minimum Gasteiger partial charge on any atom is -0.465 e. The average molecular weight is 482 g/mol. The molecule has 178 valence electrons. The van der Waals surface area contributed by atoms with E-state index in [1.807, 2.05) is 56.3 Å². The Labute approximate surface area is 202 Å². The van der Waals surface area contributed by atoms with Gasteiger partial charge in [0.15, 0.2) is 11.5 Å². The molecule has 3 aromatic rings. The summed E-state index contributed by atoms with van der Waals surface area (Å²) in [4.78, 5) is 16.9. The smallest absolute Gasteiger partial charge is 0.322 e. The Bertz CT molecular complexity index is 1210. The lowest BCUT2D eigenvalue weighted by Crippen LogP contribution is -2.43. The molecular weight excluding hydrogens is 454 g/mol. The Balaban J connectivity index is 1.19. The summed E-state index contributed by atoms with van der Waals surface area (Å²) in [6, 6.07) is 9.54. The average Bonchev–Trinajstić information content (AvgIpc) is 3.53. The van der Waals surface area contributed by atoms with E-state index in [1.54, 1.807) is 11.8 Å². The van der Waals surface area contributed by atoms with Crippen LogP contribution in [0.1, 0.15) is 49.2 Å². The fraction of sp³-hybridized carbons (Fsp3) is 0.385. The molecule has 0 amide bonds. The van der Waals surface area contributed by atoms with Gasteiger partial charge in [-0.1, -0.05) is 6.08 Å². The molecule has 0 N–H and O–H groups in total. The molecule has 7 nitrogen and oxygen atoms in total. The number of furan rings is 1. The predicted octanol–water partition coefficient (Wildman–Crippen LogP) is 5.79. The topological polar surface area (TPSA) is 83.9 Å². The van der Waals surface area contributed by atoms with Crippen molar-refractivity contribution in [1.29, 1.82) is 0 Å². The van der Waals surface area contributed by atoms with Crippen LogP contribution in [-0.4, -0.2) is 34.9 Å². The molecule has 2 aliphatic rings. The molecule has 1 aromatic carbocycles. The van der Waals surface area contributed by atoms with Gasteiger partial charge in [0.05, 0.1) is 18.7 Å². The van der Waals surface area contributed by atoms with Crippen LogP contribution in [0, 0.1) is 6.92 Å². The fourth-order valence-electron chi connectivity index (χ4n) is 4.03. The van der Waals surface area contributed by atoms with Crippen LogP contribution in [0.25, 0.3) is 17.5 Å². The molecule has 2 aromatic heterocycles. The van der Waals surface area contributed by atoms with Gasteiger partial charge in [0.1, 0.15) is 22.0 Å². The van der Waals surface area contributed by atoms with E-state index in [0.29, 0.717) is 24.7 Å². The molecule has 1 aliphatic heterocycles. The fourth-order valence-corrected chi connectivity index (χ4v) is 5.29. The molecule has 0 saturated heterocycles. The van der Waals surface area contributed by atoms with Crippen LogP contribution in [0.4, 0.5) is 0 Å². The Kier molecular flexibility index (Phi) is 6.41.